The van der Waals surface area contributed by atoms with Crippen LogP contribution in [0.5, 0.6) is 0 Å². The van der Waals surface area contributed by atoms with E-state index in [1.54, 1.807) is 18.2 Å². The third-order valence-electron chi connectivity index (χ3n) is 2.77. The molecule has 2 rings (SSSR count). The van der Waals surface area contributed by atoms with E-state index < -0.39 is 11.9 Å². The molecule has 2 atom stereocenters. The summed E-state index contributed by atoms with van der Waals surface area (Å²) in [5, 5.41) is 14.2. The van der Waals surface area contributed by atoms with Crippen molar-refractivity contribution in [2.24, 2.45) is 5.92 Å². The van der Waals surface area contributed by atoms with Gasteiger partial charge in [0.05, 0.1) is 22.8 Å². The summed E-state index contributed by atoms with van der Waals surface area (Å²) in [4.78, 5) is 23.3. The zero-order chi connectivity index (χ0) is 13.8. The molecule has 1 heterocycles. The quantitative estimate of drug-likeness (QED) is 0.746. The second kappa shape index (κ2) is 6.08. The lowest BCUT2D eigenvalue weighted by Gasteiger charge is -2.12. The highest BCUT2D eigenvalue weighted by Crippen LogP contribution is 2.21. The Morgan fingerprint density at radius 3 is 2.79 bits per heavy atom. The minimum absolute atomic E-state index is 0.229. The second-order valence-electron chi connectivity index (χ2n) is 4.20. The first kappa shape index (κ1) is 13.9. The third kappa shape index (κ3) is 3.97. The van der Waals surface area contributed by atoms with Gasteiger partial charge in [-0.05, 0) is 18.6 Å². The number of aliphatic carboxylic acids is 1. The number of urea groups is 1. The van der Waals surface area contributed by atoms with Crippen molar-refractivity contribution in [3.63, 3.8) is 0 Å². The van der Waals surface area contributed by atoms with Crippen LogP contribution in [0.15, 0.2) is 24.3 Å². The minimum atomic E-state index is -0.866. The van der Waals surface area contributed by atoms with E-state index in [1.807, 2.05) is 6.07 Å². The molecule has 2 amide bonds. The van der Waals surface area contributed by atoms with E-state index in [9.17, 15) is 9.59 Å². The first-order valence-corrected chi connectivity index (χ1v) is 6.94. The van der Waals surface area contributed by atoms with Gasteiger partial charge in [-0.3, -0.25) is 4.79 Å². The molecule has 0 fully saturated rings. The first-order chi connectivity index (χ1) is 9.04. The van der Waals surface area contributed by atoms with Crippen LogP contribution < -0.4 is 10.6 Å². The van der Waals surface area contributed by atoms with Gasteiger partial charge in [0, 0.05) is 4.88 Å². The number of nitrogens with one attached hydrogen (secondary N) is 2. The Balaban J connectivity index is 1.74. The summed E-state index contributed by atoms with van der Waals surface area (Å²) in [6.07, 6.45) is 3.71. The molecule has 0 saturated heterocycles. The van der Waals surface area contributed by atoms with E-state index in [0.717, 1.165) is 4.88 Å². The number of hydrogen-bond donors (Lipinski definition) is 3. The average molecular weight is 301 g/mol. The van der Waals surface area contributed by atoms with Crippen LogP contribution in [0.25, 0.3) is 0 Å². The van der Waals surface area contributed by atoms with Gasteiger partial charge in [0.25, 0.3) is 0 Å². The number of thiophene rings is 1. The van der Waals surface area contributed by atoms with Gasteiger partial charge in [-0.15, -0.1) is 11.3 Å². The Morgan fingerprint density at radius 1 is 1.42 bits per heavy atom. The summed E-state index contributed by atoms with van der Waals surface area (Å²) in [5.41, 5.74) is 0. The van der Waals surface area contributed by atoms with E-state index in [2.05, 4.69) is 10.6 Å². The first-order valence-electron chi connectivity index (χ1n) is 5.74. The Bertz CT molecular complexity index is 515. The Morgan fingerprint density at radius 2 is 2.21 bits per heavy atom. The molecule has 3 N–H and O–H groups in total. The van der Waals surface area contributed by atoms with Crippen molar-refractivity contribution >= 4 is 34.9 Å². The van der Waals surface area contributed by atoms with Gasteiger partial charge in [-0.25, -0.2) is 4.79 Å². The molecular formula is C12H13ClN2O3S. The molecule has 1 aliphatic rings. The van der Waals surface area contributed by atoms with Crippen LogP contribution in [-0.4, -0.2) is 23.1 Å². The molecule has 19 heavy (non-hydrogen) atoms. The number of carboxylic acid groups (broad SMARTS) is 1. The van der Waals surface area contributed by atoms with E-state index >= 15 is 0 Å². The maximum absolute atomic E-state index is 11.6. The Kier molecular flexibility index (Phi) is 4.44. The van der Waals surface area contributed by atoms with Crippen LogP contribution >= 0.6 is 22.9 Å². The van der Waals surface area contributed by atoms with Crippen molar-refractivity contribution in [3.05, 3.63) is 33.5 Å². The predicted octanol–water partition coefficient (Wildman–Crippen LogP) is 2.23. The zero-order valence-electron chi connectivity index (χ0n) is 9.93. The normalized spacial score (nSPS) is 21.3. The molecule has 102 valence electrons. The molecule has 0 saturated carbocycles. The van der Waals surface area contributed by atoms with Gasteiger partial charge in [0.15, 0.2) is 0 Å². The van der Waals surface area contributed by atoms with Gasteiger partial charge in [0.1, 0.15) is 0 Å². The van der Waals surface area contributed by atoms with Crippen LogP contribution in [0.2, 0.25) is 4.34 Å². The van der Waals surface area contributed by atoms with Crippen LogP contribution in [0.3, 0.4) is 0 Å². The highest BCUT2D eigenvalue weighted by Gasteiger charge is 2.25. The topological polar surface area (TPSA) is 78.4 Å². The van der Waals surface area contributed by atoms with Crippen molar-refractivity contribution in [2.75, 3.05) is 0 Å². The molecule has 0 bridgehead atoms. The minimum Gasteiger partial charge on any atom is -0.481 e. The molecule has 0 aromatic carbocycles. The van der Waals surface area contributed by atoms with Crippen LogP contribution in [0.4, 0.5) is 4.79 Å². The summed E-state index contributed by atoms with van der Waals surface area (Å²) < 4.78 is 0.681. The lowest BCUT2D eigenvalue weighted by molar-refractivity contribution is -0.140. The van der Waals surface area contributed by atoms with Crippen LogP contribution in [-0.2, 0) is 11.3 Å². The number of carboxylic acids is 1. The molecule has 1 aliphatic carbocycles. The molecule has 1 aromatic rings. The van der Waals surface area contributed by atoms with Gasteiger partial charge in [-0.2, -0.15) is 0 Å². The summed E-state index contributed by atoms with van der Waals surface area (Å²) in [6, 6.07) is 3.08. The molecular weight excluding hydrogens is 288 g/mol. The van der Waals surface area contributed by atoms with E-state index in [4.69, 9.17) is 16.7 Å². The van der Waals surface area contributed by atoms with E-state index in [0.29, 0.717) is 17.3 Å². The lowest BCUT2D eigenvalue weighted by atomic mass is 10.1. The SMILES string of the molecule is O=C(NCc1ccc(Cl)s1)NC1C=CC(C(=O)O)C1. The number of hydrogen-bond acceptors (Lipinski definition) is 3. The molecule has 2 unspecified atom stereocenters. The summed E-state index contributed by atoms with van der Waals surface area (Å²) in [7, 11) is 0. The van der Waals surface area contributed by atoms with Crippen LogP contribution in [0.1, 0.15) is 11.3 Å². The number of amides is 2. The number of rotatable bonds is 4. The molecule has 0 spiro atoms. The predicted molar refractivity (Wildman–Crippen MR) is 73.4 cm³/mol. The third-order valence-corrected chi connectivity index (χ3v) is 4.00. The highest BCUT2D eigenvalue weighted by molar-refractivity contribution is 7.16. The number of halogens is 1. The summed E-state index contributed by atoms with van der Waals surface area (Å²) in [6.45, 7) is 0.405. The maximum Gasteiger partial charge on any atom is 0.315 e. The Hall–Kier alpha value is -1.53. The smallest absolute Gasteiger partial charge is 0.315 e. The zero-order valence-corrected chi connectivity index (χ0v) is 11.5. The van der Waals surface area contributed by atoms with Crippen LogP contribution in [0, 0.1) is 5.92 Å². The van der Waals surface area contributed by atoms with Gasteiger partial charge < -0.3 is 15.7 Å². The van der Waals surface area contributed by atoms with Gasteiger partial charge in [-0.1, -0.05) is 23.8 Å². The van der Waals surface area contributed by atoms with E-state index in [1.165, 1.54) is 11.3 Å². The maximum atomic E-state index is 11.6. The fourth-order valence-corrected chi connectivity index (χ4v) is 2.85. The fraction of sp³-hybridized carbons (Fsp3) is 0.333. The molecule has 1 aromatic heterocycles. The monoisotopic (exact) mass is 300 g/mol. The van der Waals surface area contributed by atoms with Gasteiger partial charge in [0.2, 0.25) is 0 Å². The number of carbonyl (C=O) groups is 2. The van der Waals surface area contributed by atoms with E-state index in [-0.39, 0.29) is 12.1 Å². The molecule has 7 heteroatoms. The average Bonchev–Trinajstić information content (AvgIpc) is 2.96. The Labute approximate surface area is 119 Å². The van der Waals surface area contributed by atoms with Crippen molar-refractivity contribution < 1.29 is 14.7 Å². The van der Waals surface area contributed by atoms with Crippen molar-refractivity contribution in [3.8, 4) is 0 Å². The standard InChI is InChI=1S/C12H13ClN2O3S/c13-10-4-3-9(19-10)6-14-12(18)15-8-2-1-7(5-8)11(16)17/h1-4,7-8H,5-6H2,(H,16,17)(H2,14,15,18). The van der Waals surface area contributed by atoms with Gasteiger partial charge >= 0.3 is 12.0 Å². The molecule has 5 nitrogen and oxygen atoms in total. The lowest BCUT2D eigenvalue weighted by Crippen LogP contribution is -2.40. The fourth-order valence-electron chi connectivity index (χ4n) is 1.82. The number of carbonyl (C=O) groups excluding carboxylic acids is 1. The summed E-state index contributed by atoms with van der Waals surface area (Å²) in [5.74, 6) is -1.38. The molecule has 0 aliphatic heterocycles. The largest absolute Gasteiger partial charge is 0.481 e. The summed E-state index contributed by atoms with van der Waals surface area (Å²) >= 11 is 7.19. The highest BCUT2D eigenvalue weighted by atomic mass is 35.5. The van der Waals surface area contributed by atoms with Crippen molar-refractivity contribution in [2.45, 2.75) is 19.0 Å². The van der Waals surface area contributed by atoms with Crippen molar-refractivity contribution in [1.82, 2.24) is 10.6 Å². The second-order valence-corrected chi connectivity index (χ2v) is 6.00. The van der Waals surface area contributed by atoms with Crippen molar-refractivity contribution in [1.29, 1.82) is 0 Å². The molecule has 0 radical (unpaired) electrons.